The second-order valence-corrected chi connectivity index (χ2v) is 7.41. The second-order valence-electron chi connectivity index (χ2n) is 7.41. The van der Waals surface area contributed by atoms with Crippen molar-refractivity contribution < 1.29 is 9.21 Å². The topological polar surface area (TPSA) is 66.6 Å². The quantitative estimate of drug-likeness (QED) is 0.607. The third-order valence-electron chi connectivity index (χ3n) is 5.20. The minimum atomic E-state index is -0.187. The van der Waals surface area contributed by atoms with Crippen LogP contribution in [0.4, 0.5) is 5.69 Å². The van der Waals surface area contributed by atoms with Crippen molar-refractivity contribution in [1.82, 2.24) is 5.32 Å². The molecule has 0 unspecified atom stereocenters. The third-order valence-corrected chi connectivity index (χ3v) is 5.20. The number of hydrogen-bond acceptors (Lipinski definition) is 4. The minimum Gasteiger partial charge on any atom is -0.455 e. The molecule has 29 heavy (non-hydrogen) atoms. The number of hydrogen-bond donors (Lipinski definition) is 2. The van der Waals surface area contributed by atoms with Crippen molar-refractivity contribution in [1.29, 1.82) is 0 Å². The molecule has 0 aliphatic heterocycles. The van der Waals surface area contributed by atoms with Gasteiger partial charge in [-0.25, -0.2) is 0 Å². The molecule has 0 saturated heterocycles. The number of aryl methyl sites for hydroxylation is 2. The third kappa shape index (κ3) is 4.24. The van der Waals surface area contributed by atoms with Crippen molar-refractivity contribution in [3.05, 3.63) is 88.4 Å². The van der Waals surface area contributed by atoms with Crippen LogP contribution in [-0.2, 0) is 13.0 Å². The van der Waals surface area contributed by atoms with Gasteiger partial charge in [0.2, 0.25) is 0 Å². The van der Waals surface area contributed by atoms with Crippen LogP contribution in [0.3, 0.4) is 0 Å². The van der Waals surface area contributed by atoms with E-state index in [2.05, 4.69) is 15.8 Å². The lowest BCUT2D eigenvalue weighted by Crippen LogP contribution is -2.23. The maximum absolute atomic E-state index is 12.7. The smallest absolute Gasteiger partial charge is 0.287 e. The van der Waals surface area contributed by atoms with Crippen LogP contribution in [0.5, 0.6) is 0 Å². The Bertz CT molecular complexity index is 1030. The SMILES string of the molecule is Cc1ccc(CNC(=O)c2oc3c(c2C)/C(=N/Nc2ccccc2)CCC3)cc1. The van der Waals surface area contributed by atoms with Gasteiger partial charge in [0, 0.05) is 24.1 Å². The molecule has 0 atom stereocenters. The van der Waals surface area contributed by atoms with E-state index in [0.29, 0.717) is 12.3 Å². The molecule has 2 N–H and O–H groups in total. The van der Waals surface area contributed by atoms with Gasteiger partial charge < -0.3 is 9.73 Å². The van der Waals surface area contributed by atoms with Crippen molar-refractivity contribution in [3.63, 3.8) is 0 Å². The summed E-state index contributed by atoms with van der Waals surface area (Å²) in [5.74, 6) is 1.05. The van der Waals surface area contributed by atoms with Crippen LogP contribution in [0.2, 0.25) is 0 Å². The number of amides is 1. The summed E-state index contributed by atoms with van der Waals surface area (Å²) in [6, 6.07) is 18.0. The maximum atomic E-state index is 12.7. The zero-order valence-corrected chi connectivity index (χ0v) is 16.8. The molecule has 0 saturated carbocycles. The Balaban J connectivity index is 1.52. The van der Waals surface area contributed by atoms with Gasteiger partial charge in [0.25, 0.3) is 5.91 Å². The molecule has 0 fully saturated rings. The van der Waals surface area contributed by atoms with Gasteiger partial charge in [0.15, 0.2) is 5.76 Å². The fourth-order valence-electron chi connectivity index (χ4n) is 3.61. The Morgan fingerprint density at radius 1 is 1.03 bits per heavy atom. The Labute approximate surface area is 170 Å². The lowest BCUT2D eigenvalue weighted by Gasteiger charge is -2.13. The number of para-hydroxylation sites is 1. The average molecular weight is 387 g/mol. The molecule has 2 aromatic carbocycles. The van der Waals surface area contributed by atoms with E-state index in [1.165, 1.54) is 5.56 Å². The first-order valence-electron chi connectivity index (χ1n) is 9.96. The van der Waals surface area contributed by atoms with Crippen molar-refractivity contribution in [2.24, 2.45) is 5.10 Å². The Morgan fingerprint density at radius 2 is 1.79 bits per heavy atom. The summed E-state index contributed by atoms with van der Waals surface area (Å²) in [6.07, 6.45) is 2.64. The molecule has 1 amide bonds. The highest BCUT2D eigenvalue weighted by atomic mass is 16.4. The van der Waals surface area contributed by atoms with Crippen LogP contribution in [0.1, 0.15) is 51.4 Å². The van der Waals surface area contributed by atoms with E-state index < -0.39 is 0 Å². The van der Waals surface area contributed by atoms with Gasteiger partial charge in [0.05, 0.1) is 11.4 Å². The van der Waals surface area contributed by atoms with E-state index in [1.807, 2.05) is 68.4 Å². The second kappa shape index (κ2) is 8.35. The molecule has 1 heterocycles. The van der Waals surface area contributed by atoms with E-state index in [-0.39, 0.29) is 5.91 Å². The number of fused-ring (bicyclic) bond motifs is 1. The van der Waals surface area contributed by atoms with Gasteiger partial charge in [-0.15, -0.1) is 0 Å². The first-order valence-corrected chi connectivity index (χ1v) is 9.96. The summed E-state index contributed by atoms with van der Waals surface area (Å²) in [7, 11) is 0. The number of nitrogens with zero attached hydrogens (tertiary/aromatic N) is 1. The molecular formula is C24H25N3O2. The van der Waals surface area contributed by atoms with Crippen LogP contribution in [0.25, 0.3) is 0 Å². The number of anilines is 1. The summed E-state index contributed by atoms with van der Waals surface area (Å²) >= 11 is 0. The fraction of sp³-hybridized carbons (Fsp3) is 0.250. The number of rotatable bonds is 5. The number of carbonyl (C=O) groups is 1. The molecular weight excluding hydrogens is 362 g/mol. The predicted octanol–water partition coefficient (Wildman–Crippen LogP) is 4.98. The zero-order valence-electron chi connectivity index (χ0n) is 16.8. The number of hydrazone groups is 1. The Hall–Kier alpha value is -3.34. The molecule has 1 aromatic heterocycles. The molecule has 0 radical (unpaired) electrons. The number of furan rings is 1. The Morgan fingerprint density at radius 3 is 2.55 bits per heavy atom. The monoisotopic (exact) mass is 387 g/mol. The summed E-state index contributed by atoms with van der Waals surface area (Å²) in [6.45, 7) is 4.46. The fourth-order valence-corrected chi connectivity index (χ4v) is 3.61. The highest BCUT2D eigenvalue weighted by Crippen LogP contribution is 2.30. The highest BCUT2D eigenvalue weighted by molar-refractivity contribution is 6.06. The average Bonchev–Trinajstić information content (AvgIpc) is 3.10. The van der Waals surface area contributed by atoms with E-state index in [4.69, 9.17) is 4.42 Å². The number of benzene rings is 2. The predicted molar refractivity (Wildman–Crippen MR) is 115 cm³/mol. The highest BCUT2D eigenvalue weighted by Gasteiger charge is 2.27. The van der Waals surface area contributed by atoms with E-state index in [1.54, 1.807) is 0 Å². The first-order chi connectivity index (χ1) is 14.1. The summed E-state index contributed by atoms with van der Waals surface area (Å²) < 4.78 is 5.97. The zero-order chi connectivity index (χ0) is 20.2. The molecule has 5 heteroatoms. The van der Waals surface area contributed by atoms with Crippen LogP contribution in [0, 0.1) is 13.8 Å². The standard InChI is InChI=1S/C24H25N3O2/c1-16-11-13-18(14-12-16)15-25-24(28)23-17(2)22-20(9-6-10-21(22)29-23)27-26-19-7-4-3-5-8-19/h3-5,7-8,11-14,26H,6,9-10,15H2,1-2H3,(H,25,28)/b27-20+. The van der Waals surface area contributed by atoms with E-state index >= 15 is 0 Å². The van der Waals surface area contributed by atoms with Gasteiger partial charge in [-0.3, -0.25) is 10.2 Å². The van der Waals surface area contributed by atoms with E-state index in [9.17, 15) is 4.79 Å². The minimum absolute atomic E-state index is 0.187. The van der Waals surface area contributed by atoms with Crippen LogP contribution < -0.4 is 10.7 Å². The van der Waals surface area contributed by atoms with Gasteiger partial charge in [-0.2, -0.15) is 5.10 Å². The van der Waals surface area contributed by atoms with Crippen molar-refractivity contribution in [2.45, 2.75) is 39.7 Å². The van der Waals surface area contributed by atoms with Gasteiger partial charge >= 0.3 is 0 Å². The molecule has 0 spiro atoms. The molecule has 1 aliphatic rings. The normalized spacial score (nSPS) is 14.5. The molecule has 1 aliphatic carbocycles. The van der Waals surface area contributed by atoms with Crippen LogP contribution >= 0.6 is 0 Å². The van der Waals surface area contributed by atoms with Gasteiger partial charge in [-0.05, 0) is 44.4 Å². The number of carbonyl (C=O) groups excluding carboxylic acids is 1. The van der Waals surface area contributed by atoms with Crippen LogP contribution in [-0.4, -0.2) is 11.6 Å². The molecule has 3 aromatic rings. The molecule has 148 valence electrons. The summed E-state index contributed by atoms with van der Waals surface area (Å²) in [5.41, 5.74) is 9.08. The first kappa shape index (κ1) is 19.0. The van der Waals surface area contributed by atoms with Crippen molar-refractivity contribution in [2.75, 3.05) is 5.43 Å². The Kier molecular flexibility index (Phi) is 5.47. The van der Waals surface area contributed by atoms with Gasteiger partial charge in [0.1, 0.15) is 5.76 Å². The molecule has 5 nitrogen and oxygen atoms in total. The summed E-state index contributed by atoms with van der Waals surface area (Å²) in [5, 5.41) is 7.57. The van der Waals surface area contributed by atoms with Crippen molar-refractivity contribution >= 4 is 17.3 Å². The lowest BCUT2D eigenvalue weighted by atomic mass is 9.93. The van der Waals surface area contributed by atoms with Crippen LogP contribution in [0.15, 0.2) is 64.1 Å². The van der Waals surface area contributed by atoms with Gasteiger partial charge in [-0.1, -0.05) is 48.0 Å². The van der Waals surface area contributed by atoms with Crippen molar-refractivity contribution in [3.8, 4) is 0 Å². The number of nitrogens with one attached hydrogen (secondary N) is 2. The summed E-state index contributed by atoms with van der Waals surface area (Å²) in [4.78, 5) is 12.7. The lowest BCUT2D eigenvalue weighted by molar-refractivity contribution is 0.0920. The maximum Gasteiger partial charge on any atom is 0.287 e. The largest absolute Gasteiger partial charge is 0.455 e. The molecule has 0 bridgehead atoms. The van der Waals surface area contributed by atoms with E-state index in [0.717, 1.165) is 53.1 Å². The molecule has 4 rings (SSSR count).